The molecule has 1 aromatic rings. The van der Waals surface area contributed by atoms with Gasteiger partial charge in [-0.25, -0.2) is 4.98 Å². The summed E-state index contributed by atoms with van der Waals surface area (Å²) in [4.78, 5) is 17.3. The van der Waals surface area contributed by atoms with Crippen molar-refractivity contribution < 1.29 is 4.79 Å². The summed E-state index contributed by atoms with van der Waals surface area (Å²) in [6.45, 7) is 0. The molecule has 0 fully saturated rings. The molecular weight excluding hydrogens is 162 g/mol. The average Bonchev–Trinajstić information content (AvgIpc) is 2.03. The summed E-state index contributed by atoms with van der Waals surface area (Å²) in [5.41, 5.74) is 0.424. The number of amides is 1. The first-order valence-electron chi connectivity index (χ1n) is 3.01. The molecule has 1 heterocycles. The number of hydrogen-bond donors (Lipinski definition) is 2. The zero-order valence-electron chi connectivity index (χ0n) is 5.92. The van der Waals surface area contributed by atoms with E-state index in [1.54, 1.807) is 13.1 Å². The number of nitrogens with zero attached hydrogens (tertiary/aromatic N) is 1. The quantitative estimate of drug-likeness (QED) is 0.602. The van der Waals surface area contributed by atoms with Crippen LogP contribution in [0.2, 0.25) is 0 Å². The fraction of sp³-hybridized carbons (Fsp3) is 0.167. The van der Waals surface area contributed by atoms with Gasteiger partial charge in [0.1, 0.15) is 5.69 Å². The minimum absolute atomic E-state index is 0.196. The lowest BCUT2D eigenvalue weighted by Crippen LogP contribution is -2.19. The van der Waals surface area contributed by atoms with E-state index < -0.39 is 0 Å². The second-order valence-electron chi connectivity index (χ2n) is 1.87. The standard InChI is InChI=1S/C6H7N3OS/c1-7-5(10)4-2-3-8-6(11)9-4/h2-3H,1H3,(H,7,10)(H,8,9,11). The largest absolute Gasteiger partial charge is 0.354 e. The Kier molecular flexibility index (Phi) is 2.32. The zero-order valence-corrected chi connectivity index (χ0v) is 6.73. The molecule has 4 nitrogen and oxygen atoms in total. The van der Waals surface area contributed by atoms with Crippen LogP contribution in [-0.4, -0.2) is 22.9 Å². The highest BCUT2D eigenvalue weighted by molar-refractivity contribution is 7.71. The molecule has 1 amide bonds. The van der Waals surface area contributed by atoms with E-state index in [4.69, 9.17) is 12.2 Å². The average molecular weight is 169 g/mol. The number of aromatic amines is 1. The Morgan fingerprint density at radius 2 is 2.55 bits per heavy atom. The Balaban J connectivity index is 3.05. The van der Waals surface area contributed by atoms with E-state index in [-0.39, 0.29) is 5.91 Å². The minimum atomic E-state index is -0.196. The first kappa shape index (κ1) is 7.87. The summed E-state index contributed by atoms with van der Waals surface area (Å²) in [6, 6.07) is 1.56. The molecule has 0 radical (unpaired) electrons. The van der Waals surface area contributed by atoms with Crippen LogP contribution in [0.25, 0.3) is 0 Å². The normalized spacial score (nSPS) is 9.18. The van der Waals surface area contributed by atoms with Crippen LogP contribution < -0.4 is 5.32 Å². The molecule has 0 aliphatic carbocycles. The lowest BCUT2D eigenvalue weighted by Gasteiger charge is -1.96. The number of carbonyl (C=O) groups is 1. The summed E-state index contributed by atoms with van der Waals surface area (Å²) in [7, 11) is 1.56. The van der Waals surface area contributed by atoms with Gasteiger partial charge in [-0.2, -0.15) is 0 Å². The number of hydrogen-bond acceptors (Lipinski definition) is 3. The van der Waals surface area contributed by atoms with Gasteiger partial charge < -0.3 is 10.3 Å². The molecule has 0 saturated heterocycles. The van der Waals surface area contributed by atoms with E-state index in [0.717, 1.165) is 0 Å². The van der Waals surface area contributed by atoms with E-state index in [0.29, 0.717) is 10.5 Å². The van der Waals surface area contributed by atoms with E-state index in [9.17, 15) is 4.79 Å². The van der Waals surface area contributed by atoms with Crippen molar-refractivity contribution >= 4 is 18.1 Å². The van der Waals surface area contributed by atoms with Crippen molar-refractivity contribution in [1.29, 1.82) is 0 Å². The molecule has 0 aliphatic rings. The van der Waals surface area contributed by atoms with Crippen LogP contribution in [-0.2, 0) is 0 Å². The highest BCUT2D eigenvalue weighted by atomic mass is 32.1. The first-order chi connectivity index (χ1) is 5.24. The van der Waals surface area contributed by atoms with Crippen LogP contribution in [0.15, 0.2) is 12.3 Å². The monoisotopic (exact) mass is 169 g/mol. The van der Waals surface area contributed by atoms with Gasteiger partial charge in [0.05, 0.1) is 0 Å². The van der Waals surface area contributed by atoms with Crippen molar-refractivity contribution in [3.63, 3.8) is 0 Å². The fourth-order valence-electron chi connectivity index (χ4n) is 0.636. The number of nitrogens with one attached hydrogen (secondary N) is 2. The predicted octanol–water partition coefficient (Wildman–Crippen LogP) is 0.499. The molecule has 0 atom stereocenters. The summed E-state index contributed by atoms with van der Waals surface area (Å²) >= 11 is 4.72. The minimum Gasteiger partial charge on any atom is -0.354 e. The molecule has 1 aromatic heterocycles. The lowest BCUT2D eigenvalue weighted by atomic mass is 10.4. The maximum atomic E-state index is 10.9. The third kappa shape index (κ3) is 1.84. The molecule has 0 aromatic carbocycles. The van der Waals surface area contributed by atoms with Crippen molar-refractivity contribution in [3.8, 4) is 0 Å². The Bertz CT molecular complexity index is 320. The van der Waals surface area contributed by atoms with Gasteiger partial charge in [0, 0.05) is 13.2 Å². The Labute approximate surface area is 68.7 Å². The molecule has 58 valence electrons. The molecule has 2 N–H and O–H groups in total. The Morgan fingerprint density at radius 1 is 1.82 bits per heavy atom. The van der Waals surface area contributed by atoms with Crippen LogP contribution in [0.5, 0.6) is 0 Å². The van der Waals surface area contributed by atoms with Gasteiger partial charge >= 0.3 is 0 Å². The SMILES string of the molecule is CNC(=O)c1ccnc(=S)[nH]1. The van der Waals surface area contributed by atoms with Gasteiger partial charge in [0.15, 0.2) is 4.77 Å². The van der Waals surface area contributed by atoms with E-state index in [1.165, 1.54) is 6.20 Å². The second kappa shape index (κ2) is 3.25. The van der Waals surface area contributed by atoms with E-state index in [1.807, 2.05) is 0 Å². The Morgan fingerprint density at radius 3 is 3.09 bits per heavy atom. The third-order valence-electron chi connectivity index (χ3n) is 1.15. The van der Waals surface area contributed by atoms with Crippen molar-refractivity contribution in [3.05, 3.63) is 22.7 Å². The summed E-state index contributed by atoms with van der Waals surface area (Å²) in [5.74, 6) is -0.196. The third-order valence-corrected chi connectivity index (χ3v) is 1.35. The van der Waals surface area contributed by atoms with Crippen molar-refractivity contribution in [1.82, 2.24) is 15.3 Å². The highest BCUT2D eigenvalue weighted by Gasteiger charge is 2.00. The van der Waals surface area contributed by atoms with Crippen LogP contribution in [0.4, 0.5) is 0 Å². The molecule has 0 aliphatic heterocycles. The molecule has 0 unspecified atom stereocenters. The zero-order chi connectivity index (χ0) is 8.27. The summed E-state index contributed by atoms with van der Waals surface area (Å²) in [6.07, 6.45) is 1.49. The number of aromatic nitrogens is 2. The summed E-state index contributed by atoms with van der Waals surface area (Å²) in [5, 5.41) is 2.46. The van der Waals surface area contributed by atoms with Crippen molar-refractivity contribution in [2.24, 2.45) is 0 Å². The number of carbonyl (C=O) groups excluding carboxylic acids is 1. The van der Waals surface area contributed by atoms with Crippen LogP contribution in [0, 0.1) is 4.77 Å². The van der Waals surface area contributed by atoms with Crippen LogP contribution in [0.3, 0.4) is 0 Å². The predicted molar refractivity (Wildman–Crippen MR) is 42.8 cm³/mol. The van der Waals surface area contributed by atoms with E-state index in [2.05, 4.69) is 15.3 Å². The number of rotatable bonds is 1. The van der Waals surface area contributed by atoms with Gasteiger partial charge in [-0.3, -0.25) is 4.79 Å². The molecule has 5 heteroatoms. The van der Waals surface area contributed by atoms with Gasteiger partial charge in [0.25, 0.3) is 5.91 Å². The van der Waals surface area contributed by atoms with Gasteiger partial charge in [0.2, 0.25) is 0 Å². The van der Waals surface area contributed by atoms with Crippen molar-refractivity contribution in [2.45, 2.75) is 0 Å². The molecule has 0 saturated carbocycles. The summed E-state index contributed by atoms with van der Waals surface area (Å²) < 4.78 is 0.311. The molecule has 11 heavy (non-hydrogen) atoms. The fourth-order valence-corrected chi connectivity index (χ4v) is 0.807. The number of H-pyrrole nitrogens is 1. The first-order valence-corrected chi connectivity index (χ1v) is 3.42. The molecule has 0 spiro atoms. The second-order valence-corrected chi connectivity index (χ2v) is 2.25. The molecule has 1 rings (SSSR count). The maximum absolute atomic E-state index is 10.9. The van der Waals surface area contributed by atoms with Gasteiger partial charge in [-0.1, -0.05) is 0 Å². The van der Waals surface area contributed by atoms with Gasteiger partial charge in [-0.15, -0.1) is 0 Å². The Hall–Kier alpha value is -1.23. The lowest BCUT2D eigenvalue weighted by molar-refractivity contribution is 0.0958. The topological polar surface area (TPSA) is 57.8 Å². The van der Waals surface area contributed by atoms with Crippen LogP contribution in [0.1, 0.15) is 10.5 Å². The highest BCUT2D eigenvalue weighted by Crippen LogP contribution is 1.90. The smallest absolute Gasteiger partial charge is 0.267 e. The molecule has 0 bridgehead atoms. The maximum Gasteiger partial charge on any atom is 0.267 e. The van der Waals surface area contributed by atoms with Gasteiger partial charge in [-0.05, 0) is 18.3 Å². The molecular formula is C6H7N3OS. The van der Waals surface area contributed by atoms with Crippen LogP contribution >= 0.6 is 12.2 Å². The van der Waals surface area contributed by atoms with E-state index >= 15 is 0 Å². The van der Waals surface area contributed by atoms with Crippen molar-refractivity contribution in [2.75, 3.05) is 7.05 Å².